The number of hydrogen-bond donors (Lipinski definition) is 1. The Labute approximate surface area is 100 Å². The zero-order chi connectivity index (χ0) is 13.0. The second kappa shape index (κ2) is 5.30. The molecule has 0 saturated carbocycles. The van der Waals surface area contributed by atoms with Gasteiger partial charge in [-0.05, 0) is 6.07 Å². The van der Waals surface area contributed by atoms with E-state index in [2.05, 4.69) is 25.0 Å². The van der Waals surface area contributed by atoms with Crippen LogP contribution in [0.3, 0.4) is 0 Å². The van der Waals surface area contributed by atoms with Gasteiger partial charge in [-0.15, -0.1) is 0 Å². The van der Waals surface area contributed by atoms with Crippen LogP contribution in [-0.4, -0.2) is 27.6 Å². The fourth-order valence-corrected chi connectivity index (χ4v) is 1.28. The van der Waals surface area contributed by atoms with Crippen molar-refractivity contribution >= 4 is 5.91 Å². The van der Waals surface area contributed by atoms with Crippen LogP contribution in [0.25, 0.3) is 0 Å². The van der Waals surface area contributed by atoms with Crippen molar-refractivity contribution in [2.45, 2.75) is 6.42 Å². The standard InChI is InChI=1S/C10H8F2N4O2/c11-8-6(1-3-13-9(8)12)10(17)14-4-2-7-15-5-18-16-7/h1,3,5H,2,4H2,(H,14,17). The first-order valence-corrected chi connectivity index (χ1v) is 5.02. The lowest BCUT2D eigenvalue weighted by Gasteiger charge is -2.04. The smallest absolute Gasteiger partial charge is 0.254 e. The van der Waals surface area contributed by atoms with E-state index in [1.807, 2.05) is 0 Å². The topological polar surface area (TPSA) is 80.9 Å². The Kier molecular flexibility index (Phi) is 3.56. The van der Waals surface area contributed by atoms with E-state index in [4.69, 9.17) is 0 Å². The van der Waals surface area contributed by atoms with Crippen molar-refractivity contribution in [3.05, 3.63) is 41.8 Å². The molecule has 2 aromatic rings. The van der Waals surface area contributed by atoms with Crippen LogP contribution in [-0.2, 0) is 6.42 Å². The lowest BCUT2D eigenvalue weighted by Crippen LogP contribution is -2.27. The molecule has 6 nitrogen and oxygen atoms in total. The van der Waals surface area contributed by atoms with Crippen LogP contribution >= 0.6 is 0 Å². The van der Waals surface area contributed by atoms with Gasteiger partial charge >= 0.3 is 0 Å². The van der Waals surface area contributed by atoms with Gasteiger partial charge in [0.1, 0.15) is 0 Å². The summed E-state index contributed by atoms with van der Waals surface area (Å²) in [5.41, 5.74) is -0.393. The second-order valence-electron chi connectivity index (χ2n) is 3.32. The van der Waals surface area contributed by atoms with Gasteiger partial charge in [-0.25, -0.2) is 9.37 Å². The molecule has 18 heavy (non-hydrogen) atoms. The van der Waals surface area contributed by atoms with E-state index in [0.29, 0.717) is 12.2 Å². The first-order valence-electron chi connectivity index (χ1n) is 5.02. The van der Waals surface area contributed by atoms with Crippen LogP contribution in [0.5, 0.6) is 0 Å². The van der Waals surface area contributed by atoms with Gasteiger partial charge in [0.2, 0.25) is 12.3 Å². The minimum absolute atomic E-state index is 0.182. The maximum Gasteiger partial charge on any atom is 0.254 e. The van der Waals surface area contributed by atoms with E-state index in [-0.39, 0.29) is 6.54 Å². The fourth-order valence-electron chi connectivity index (χ4n) is 1.28. The van der Waals surface area contributed by atoms with E-state index in [0.717, 1.165) is 18.7 Å². The SMILES string of the molecule is O=C(NCCc1ncon1)c1ccnc(F)c1F. The minimum atomic E-state index is -1.30. The van der Waals surface area contributed by atoms with Crippen molar-refractivity contribution in [1.29, 1.82) is 0 Å². The molecule has 0 bridgehead atoms. The summed E-state index contributed by atoms with van der Waals surface area (Å²) in [6, 6.07) is 1.10. The lowest BCUT2D eigenvalue weighted by atomic mass is 10.2. The first kappa shape index (κ1) is 12.1. The molecule has 2 heterocycles. The Morgan fingerprint density at radius 1 is 1.39 bits per heavy atom. The van der Waals surface area contributed by atoms with Gasteiger partial charge in [0.05, 0.1) is 5.56 Å². The molecule has 0 atom stereocenters. The molecular weight excluding hydrogens is 246 g/mol. The van der Waals surface area contributed by atoms with Gasteiger partial charge in [-0.3, -0.25) is 4.79 Å². The lowest BCUT2D eigenvalue weighted by molar-refractivity contribution is 0.0948. The summed E-state index contributed by atoms with van der Waals surface area (Å²) in [5.74, 6) is -2.88. The molecule has 0 fully saturated rings. The van der Waals surface area contributed by atoms with E-state index < -0.39 is 23.2 Å². The summed E-state index contributed by atoms with van der Waals surface area (Å²) in [7, 11) is 0. The number of nitrogens with zero attached hydrogens (tertiary/aromatic N) is 3. The summed E-state index contributed by atoms with van der Waals surface area (Å²) in [4.78, 5) is 18.4. The molecule has 0 aliphatic rings. The van der Waals surface area contributed by atoms with Crippen molar-refractivity contribution < 1.29 is 18.1 Å². The molecule has 0 aliphatic heterocycles. The van der Waals surface area contributed by atoms with E-state index in [1.54, 1.807) is 0 Å². The van der Waals surface area contributed by atoms with Gasteiger partial charge in [0.15, 0.2) is 11.6 Å². The van der Waals surface area contributed by atoms with Gasteiger partial charge in [-0.2, -0.15) is 9.37 Å². The molecule has 1 N–H and O–H groups in total. The van der Waals surface area contributed by atoms with Gasteiger partial charge in [-0.1, -0.05) is 5.16 Å². The molecule has 8 heteroatoms. The third-order valence-electron chi connectivity index (χ3n) is 2.13. The number of rotatable bonds is 4. The maximum atomic E-state index is 13.2. The molecule has 2 aromatic heterocycles. The average molecular weight is 254 g/mol. The maximum absolute atomic E-state index is 13.2. The van der Waals surface area contributed by atoms with Gasteiger partial charge < -0.3 is 9.84 Å². The Morgan fingerprint density at radius 3 is 2.94 bits per heavy atom. The van der Waals surface area contributed by atoms with Crippen LogP contribution in [0.1, 0.15) is 16.2 Å². The second-order valence-corrected chi connectivity index (χ2v) is 3.32. The summed E-state index contributed by atoms with van der Waals surface area (Å²) >= 11 is 0. The molecule has 2 rings (SSSR count). The molecule has 0 radical (unpaired) electrons. The number of pyridine rings is 1. The number of hydrogen-bond acceptors (Lipinski definition) is 5. The van der Waals surface area contributed by atoms with Crippen molar-refractivity contribution in [3.8, 4) is 0 Å². The number of aromatic nitrogens is 3. The fraction of sp³-hybridized carbons (Fsp3) is 0.200. The van der Waals surface area contributed by atoms with Crippen molar-refractivity contribution in [1.82, 2.24) is 20.4 Å². The highest BCUT2D eigenvalue weighted by Gasteiger charge is 2.15. The zero-order valence-corrected chi connectivity index (χ0v) is 9.06. The Hall–Kier alpha value is -2.38. The predicted molar refractivity (Wildman–Crippen MR) is 54.5 cm³/mol. The monoisotopic (exact) mass is 254 g/mol. The van der Waals surface area contributed by atoms with Crippen molar-refractivity contribution in [3.63, 3.8) is 0 Å². The molecular formula is C10H8F2N4O2. The third-order valence-corrected chi connectivity index (χ3v) is 2.13. The summed E-state index contributed by atoms with van der Waals surface area (Å²) < 4.78 is 30.5. The normalized spacial score (nSPS) is 10.3. The van der Waals surface area contributed by atoms with Crippen LogP contribution in [0.4, 0.5) is 8.78 Å². The minimum Gasteiger partial charge on any atom is -0.351 e. The summed E-state index contributed by atoms with van der Waals surface area (Å²) in [5, 5.41) is 5.95. The Balaban J connectivity index is 1.93. The molecule has 0 unspecified atom stereocenters. The molecule has 0 aliphatic carbocycles. The van der Waals surface area contributed by atoms with Crippen LogP contribution in [0.15, 0.2) is 23.2 Å². The first-order chi connectivity index (χ1) is 8.68. The highest BCUT2D eigenvalue weighted by molar-refractivity contribution is 5.94. The zero-order valence-electron chi connectivity index (χ0n) is 9.06. The van der Waals surface area contributed by atoms with Crippen LogP contribution < -0.4 is 5.32 Å². The molecule has 94 valence electrons. The van der Waals surface area contributed by atoms with Crippen molar-refractivity contribution in [2.24, 2.45) is 0 Å². The van der Waals surface area contributed by atoms with E-state index in [9.17, 15) is 13.6 Å². The van der Waals surface area contributed by atoms with Crippen LogP contribution in [0.2, 0.25) is 0 Å². The van der Waals surface area contributed by atoms with Crippen LogP contribution in [0, 0.1) is 11.8 Å². The quantitative estimate of drug-likeness (QED) is 0.813. The number of carbonyl (C=O) groups excluding carboxylic acids is 1. The Morgan fingerprint density at radius 2 is 2.22 bits per heavy atom. The number of nitrogens with one attached hydrogen (secondary N) is 1. The summed E-state index contributed by atoms with van der Waals surface area (Å²) in [6.07, 6.45) is 2.51. The van der Waals surface area contributed by atoms with Gasteiger partial charge in [0, 0.05) is 19.2 Å². The summed E-state index contributed by atoms with van der Waals surface area (Å²) in [6.45, 7) is 0.182. The highest BCUT2D eigenvalue weighted by Crippen LogP contribution is 2.08. The molecule has 1 amide bonds. The highest BCUT2D eigenvalue weighted by atomic mass is 19.2. The largest absolute Gasteiger partial charge is 0.351 e. The average Bonchev–Trinajstić information content (AvgIpc) is 2.85. The number of carbonyl (C=O) groups is 1. The third kappa shape index (κ3) is 2.65. The van der Waals surface area contributed by atoms with E-state index >= 15 is 0 Å². The Bertz CT molecular complexity index is 545. The molecule has 0 saturated heterocycles. The van der Waals surface area contributed by atoms with Crippen molar-refractivity contribution in [2.75, 3.05) is 6.54 Å². The predicted octanol–water partition coefficient (Wildman–Crippen LogP) is 0.715. The number of amides is 1. The van der Waals surface area contributed by atoms with Gasteiger partial charge in [0.25, 0.3) is 5.91 Å². The number of halogens is 2. The molecule has 0 spiro atoms. The van der Waals surface area contributed by atoms with E-state index in [1.165, 1.54) is 0 Å². The molecule has 0 aromatic carbocycles.